The smallest absolute Gasteiger partial charge is 0.161 e. The molecule has 1 atom stereocenters. The first-order valence-corrected chi connectivity index (χ1v) is 7.69. The van der Waals surface area contributed by atoms with Gasteiger partial charge in [0, 0.05) is 30.9 Å². The molecule has 1 aromatic rings. The molecule has 1 aliphatic heterocycles. The van der Waals surface area contributed by atoms with Crippen LogP contribution in [0.1, 0.15) is 45.3 Å². The van der Waals surface area contributed by atoms with Crippen molar-refractivity contribution < 1.29 is 4.74 Å². The minimum atomic E-state index is -0.0830. The van der Waals surface area contributed by atoms with Crippen molar-refractivity contribution in [1.82, 2.24) is 14.9 Å². The van der Waals surface area contributed by atoms with E-state index in [1.165, 1.54) is 0 Å². The molecule has 2 rings (SSSR count). The van der Waals surface area contributed by atoms with Crippen molar-refractivity contribution in [3.63, 3.8) is 0 Å². The van der Waals surface area contributed by atoms with E-state index in [4.69, 9.17) is 10.6 Å². The van der Waals surface area contributed by atoms with Gasteiger partial charge in [0.25, 0.3) is 0 Å². The van der Waals surface area contributed by atoms with Crippen molar-refractivity contribution in [1.29, 1.82) is 0 Å². The number of hydrogen-bond donors (Lipinski definition) is 2. The molecule has 0 spiro atoms. The van der Waals surface area contributed by atoms with Crippen LogP contribution in [0.4, 0.5) is 5.82 Å². The normalized spacial score (nSPS) is 20.2. The third-order valence-electron chi connectivity index (χ3n) is 3.68. The highest BCUT2D eigenvalue weighted by Crippen LogP contribution is 2.22. The van der Waals surface area contributed by atoms with Crippen LogP contribution >= 0.6 is 0 Å². The molecule has 1 aliphatic rings. The van der Waals surface area contributed by atoms with E-state index in [0.717, 1.165) is 31.0 Å². The average Bonchev–Trinajstić information content (AvgIpc) is 2.46. The summed E-state index contributed by atoms with van der Waals surface area (Å²) < 4.78 is 5.87. The number of nitrogens with two attached hydrogens (primary N) is 1. The second-order valence-corrected chi connectivity index (χ2v) is 6.29. The molecule has 6 heteroatoms. The molecule has 1 unspecified atom stereocenters. The first-order chi connectivity index (χ1) is 9.99. The number of nitrogens with one attached hydrogen (secondary N) is 1. The summed E-state index contributed by atoms with van der Waals surface area (Å²) in [5.74, 6) is 7.45. The molecule has 1 fully saturated rings. The van der Waals surface area contributed by atoms with Crippen LogP contribution in [-0.4, -0.2) is 40.6 Å². The Kier molecular flexibility index (Phi) is 5.50. The minimum absolute atomic E-state index is 0.0830. The average molecular weight is 293 g/mol. The fourth-order valence-corrected chi connectivity index (χ4v) is 2.55. The van der Waals surface area contributed by atoms with Crippen LogP contribution in [0.5, 0.6) is 0 Å². The lowest BCUT2D eigenvalue weighted by atomic mass is 10.1. The first-order valence-electron chi connectivity index (χ1n) is 7.69. The fourth-order valence-electron chi connectivity index (χ4n) is 2.55. The van der Waals surface area contributed by atoms with E-state index in [-0.39, 0.29) is 6.10 Å². The van der Waals surface area contributed by atoms with Gasteiger partial charge in [-0.1, -0.05) is 13.8 Å². The molecule has 21 heavy (non-hydrogen) atoms. The molecule has 2 heterocycles. The van der Waals surface area contributed by atoms with Gasteiger partial charge in [0.15, 0.2) is 5.82 Å². The van der Waals surface area contributed by atoms with Crippen molar-refractivity contribution in [3.05, 3.63) is 17.6 Å². The number of nitrogen functional groups attached to an aromatic ring is 1. The SMILES string of the molecule is CC(C)Cc1cc(NN)nc(C2CN(C(C)C)CCO2)n1. The summed E-state index contributed by atoms with van der Waals surface area (Å²) >= 11 is 0. The lowest BCUT2D eigenvalue weighted by Crippen LogP contribution is -2.42. The lowest BCUT2D eigenvalue weighted by molar-refractivity contribution is -0.0443. The molecule has 0 radical (unpaired) electrons. The highest BCUT2D eigenvalue weighted by molar-refractivity contribution is 5.35. The first kappa shape index (κ1) is 16.1. The van der Waals surface area contributed by atoms with Crippen LogP contribution in [0, 0.1) is 5.92 Å². The summed E-state index contributed by atoms with van der Waals surface area (Å²) in [5.41, 5.74) is 3.64. The van der Waals surface area contributed by atoms with Crippen molar-refractivity contribution in [2.75, 3.05) is 25.1 Å². The summed E-state index contributed by atoms with van der Waals surface area (Å²) in [6.07, 6.45) is 0.825. The topological polar surface area (TPSA) is 76.3 Å². The van der Waals surface area contributed by atoms with Gasteiger partial charge in [-0.25, -0.2) is 15.8 Å². The molecular weight excluding hydrogens is 266 g/mol. The Balaban J connectivity index is 2.21. The van der Waals surface area contributed by atoms with Gasteiger partial charge >= 0.3 is 0 Å². The van der Waals surface area contributed by atoms with Crippen LogP contribution < -0.4 is 11.3 Å². The zero-order valence-corrected chi connectivity index (χ0v) is 13.5. The molecule has 1 saturated heterocycles. The Hall–Kier alpha value is -1.24. The number of rotatable bonds is 5. The predicted octanol–water partition coefficient (Wildman–Crippen LogP) is 1.74. The number of anilines is 1. The van der Waals surface area contributed by atoms with Gasteiger partial charge < -0.3 is 10.2 Å². The van der Waals surface area contributed by atoms with E-state index in [2.05, 4.69) is 48.0 Å². The highest BCUT2D eigenvalue weighted by Gasteiger charge is 2.26. The molecule has 0 aliphatic carbocycles. The summed E-state index contributed by atoms with van der Waals surface area (Å²) in [5, 5.41) is 0. The number of hydrazine groups is 1. The van der Waals surface area contributed by atoms with E-state index < -0.39 is 0 Å². The molecule has 0 aromatic carbocycles. The third kappa shape index (κ3) is 4.36. The maximum atomic E-state index is 5.87. The van der Waals surface area contributed by atoms with Crippen LogP contribution in [0.2, 0.25) is 0 Å². The van der Waals surface area contributed by atoms with Crippen molar-refractivity contribution in [2.24, 2.45) is 11.8 Å². The van der Waals surface area contributed by atoms with Gasteiger partial charge in [0.1, 0.15) is 11.9 Å². The molecule has 0 bridgehead atoms. The monoisotopic (exact) mass is 293 g/mol. The van der Waals surface area contributed by atoms with Crippen LogP contribution in [0.15, 0.2) is 6.07 Å². The van der Waals surface area contributed by atoms with E-state index >= 15 is 0 Å². The standard InChI is InChI=1S/C15H27N5O/c1-10(2)7-12-8-14(19-16)18-15(17-12)13-9-20(11(3)4)5-6-21-13/h8,10-11,13H,5-7,9,16H2,1-4H3,(H,17,18,19). The minimum Gasteiger partial charge on any atom is -0.368 e. The van der Waals surface area contributed by atoms with E-state index in [0.29, 0.717) is 24.4 Å². The summed E-state index contributed by atoms with van der Waals surface area (Å²) in [4.78, 5) is 11.5. The van der Waals surface area contributed by atoms with Crippen molar-refractivity contribution in [2.45, 2.75) is 46.3 Å². The molecule has 1 aromatic heterocycles. The van der Waals surface area contributed by atoms with Gasteiger partial charge in [-0.2, -0.15) is 0 Å². The Labute approximate surface area is 127 Å². The zero-order valence-electron chi connectivity index (χ0n) is 13.5. The quantitative estimate of drug-likeness (QED) is 0.636. The van der Waals surface area contributed by atoms with Gasteiger partial charge in [0.2, 0.25) is 0 Å². The highest BCUT2D eigenvalue weighted by atomic mass is 16.5. The largest absolute Gasteiger partial charge is 0.368 e. The van der Waals surface area contributed by atoms with Gasteiger partial charge in [-0.15, -0.1) is 0 Å². The Morgan fingerprint density at radius 3 is 2.76 bits per heavy atom. The number of aromatic nitrogens is 2. The maximum absolute atomic E-state index is 5.87. The second-order valence-electron chi connectivity index (χ2n) is 6.29. The van der Waals surface area contributed by atoms with Crippen LogP contribution in [0.3, 0.4) is 0 Å². The maximum Gasteiger partial charge on any atom is 0.161 e. The lowest BCUT2D eigenvalue weighted by Gasteiger charge is -2.34. The second kappa shape index (κ2) is 7.15. The summed E-state index contributed by atoms with van der Waals surface area (Å²) in [6.45, 7) is 11.3. The van der Waals surface area contributed by atoms with Gasteiger partial charge in [0.05, 0.1) is 6.61 Å². The number of nitrogens with zero attached hydrogens (tertiary/aromatic N) is 3. The van der Waals surface area contributed by atoms with Crippen LogP contribution in [-0.2, 0) is 11.2 Å². The van der Waals surface area contributed by atoms with Gasteiger partial charge in [-0.3, -0.25) is 4.90 Å². The van der Waals surface area contributed by atoms with E-state index in [9.17, 15) is 0 Å². The van der Waals surface area contributed by atoms with Crippen molar-refractivity contribution >= 4 is 5.82 Å². The Morgan fingerprint density at radius 2 is 2.14 bits per heavy atom. The summed E-state index contributed by atoms with van der Waals surface area (Å²) in [6, 6.07) is 2.41. The van der Waals surface area contributed by atoms with E-state index in [1.54, 1.807) is 0 Å². The van der Waals surface area contributed by atoms with Gasteiger partial charge in [-0.05, 0) is 26.2 Å². The molecule has 0 saturated carbocycles. The Bertz CT molecular complexity index is 463. The van der Waals surface area contributed by atoms with E-state index in [1.807, 2.05) is 6.07 Å². The molecule has 0 amide bonds. The molecule has 3 N–H and O–H groups in total. The number of morpholine rings is 1. The third-order valence-corrected chi connectivity index (χ3v) is 3.68. The van der Waals surface area contributed by atoms with Crippen molar-refractivity contribution in [3.8, 4) is 0 Å². The zero-order chi connectivity index (χ0) is 15.4. The van der Waals surface area contributed by atoms with Crippen LogP contribution in [0.25, 0.3) is 0 Å². The predicted molar refractivity (Wildman–Crippen MR) is 83.8 cm³/mol. The molecule has 118 valence electrons. The molecule has 6 nitrogen and oxygen atoms in total. The summed E-state index contributed by atoms with van der Waals surface area (Å²) in [7, 11) is 0. The fraction of sp³-hybridized carbons (Fsp3) is 0.733. The number of hydrogen-bond acceptors (Lipinski definition) is 6. The Morgan fingerprint density at radius 1 is 1.38 bits per heavy atom. The number of ether oxygens (including phenoxy) is 1. The molecular formula is C15H27N5O.